The lowest BCUT2D eigenvalue weighted by atomic mass is 9.95. The van der Waals surface area contributed by atoms with Crippen LogP contribution in [-0.2, 0) is 7.05 Å². The first-order valence-electron chi connectivity index (χ1n) is 7.27. The van der Waals surface area contributed by atoms with Crippen LogP contribution in [0.1, 0.15) is 24.1 Å². The number of rotatable bonds is 2. The molecule has 0 spiro atoms. The molecule has 24 heavy (non-hydrogen) atoms. The van der Waals surface area contributed by atoms with Crippen LogP contribution >= 0.6 is 11.6 Å². The molecule has 0 radical (unpaired) electrons. The van der Waals surface area contributed by atoms with E-state index in [1.165, 1.54) is 21.5 Å². The molecule has 0 bridgehead atoms. The first-order valence-corrected chi connectivity index (χ1v) is 7.65. The Balaban J connectivity index is 1.94. The molecule has 0 fully saturated rings. The van der Waals surface area contributed by atoms with Crippen molar-refractivity contribution < 1.29 is 8.78 Å². The zero-order valence-corrected chi connectivity index (χ0v) is 13.6. The van der Waals surface area contributed by atoms with Crippen molar-refractivity contribution in [3.8, 4) is 0 Å². The number of fused-ring (bicyclic) bond motifs is 2. The Hall–Kier alpha value is -2.54. The zero-order chi connectivity index (χ0) is 17.0. The molecule has 122 valence electrons. The minimum Gasteiger partial charge on any atom is -0.268 e. The van der Waals surface area contributed by atoms with Crippen molar-refractivity contribution in [3.05, 3.63) is 58.6 Å². The second-order valence-electron chi connectivity index (χ2n) is 5.62. The molecular weight excluding hydrogens is 336 g/mol. The Morgan fingerprint density at radius 1 is 1.21 bits per heavy atom. The highest BCUT2D eigenvalue weighted by Gasteiger charge is 2.24. The highest BCUT2D eigenvalue weighted by atomic mass is 35.5. The van der Waals surface area contributed by atoms with Crippen molar-refractivity contribution in [2.24, 2.45) is 7.05 Å². The van der Waals surface area contributed by atoms with Crippen molar-refractivity contribution in [2.75, 3.05) is 0 Å². The summed E-state index contributed by atoms with van der Waals surface area (Å²) in [7, 11) is 1.64. The van der Waals surface area contributed by atoms with Crippen LogP contribution in [0.25, 0.3) is 16.6 Å². The molecule has 0 amide bonds. The third-order valence-corrected chi connectivity index (χ3v) is 4.41. The number of nitrogens with zero attached hydrogens (tertiary/aromatic N) is 5. The van der Waals surface area contributed by atoms with Crippen LogP contribution in [0.2, 0.25) is 5.15 Å². The fourth-order valence-electron chi connectivity index (χ4n) is 2.94. The largest absolute Gasteiger partial charge is 0.268 e. The van der Waals surface area contributed by atoms with Crippen molar-refractivity contribution >= 4 is 28.2 Å². The minimum atomic E-state index is -0.631. The molecule has 0 saturated carbocycles. The Kier molecular flexibility index (Phi) is 3.28. The number of hydrogen-bond donors (Lipinski definition) is 0. The number of halogens is 3. The smallest absolute Gasteiger partial charge is 0.153 e. The standard InChI is InChI=1S/C16H12ClF2N5/c1-8(12-7-20-14-4-3-13(17)22-24(12)14)15-10(18)5-11-9(16(15)19)6-21-23(11)2/h3-8H,1-2H3. The summed E-state index contributed by atoms with van der Waals surface area (Å²) in [6.07, 6.45) is 2.94. The van der Waals surface area contributed by atoms with E-state index in [9.17, 15) is 8.78 Å². The summed E-state index contributed by atoms with van der Waals surface area (Å²) >= 11 is 5.92. The molecule has 0 aliphatic carbocycles. The number of aryl methyl sites for hydroxylation is 1. The van der Waals surface area contributed by atoms with E-state index in [1.807, 2.05) is 0 Å². The molecule has 5 nitrogen and oxygen atoms in total. The molecule has 8 heteroatoms. The maximum absolute atomic E-state index is 14.9. The van der Waals surface area contributed by atoms with Gasteiger partial charge in [0.05, 0.1) is 29.0 Å². The Labute approximate surface area is 140 Å². The average molecular weight is 348 g/mol. The number of imidazole rings is 1. The van der Waals surface area contributed by atoms with Crippen molar-refractivity contribution in [3.63, 3.8) is 0 Å². The van der Waals surface area contributed by atoms with E-state index in [0.717, 1.165) is 0 Å². The van der Waals surface area contributed by atoms with Gasteiger partial charge in [0.25, 0.3) is 0 Å². The Morgan fingerprint density at radius 3 is 2.79 bits per heavy atom. The average Bonchev–Trinajstić information content (AvgIpc) is 3.11. The van der Waals surface area contributed by atoms with Gasteiger partial charge in [-0.1, -0.05) is 18.5 Å². The molecule has 0 saturated heterocycles. The van der Waals surface area contributed by atoms with E-state index in [0.29, 0.717) is 16.9 Å². The first kappa shape index (κ1) is 15.0. The summed E-state index contributed by atoms with van der Waals surface area (Å²) in [5.41, 5.74) is 1.47. The van der Waals surface area contributed by atoms with Gasteiger partial charge in [-0.2, -0.15) is 10.2 Å². The van der Waals surface area contributed by atoms with Gasteiger partial charge in [0.2, 0.25) is 0 Å². The predicted octanol–water partition coefficient (Wildman–Crippen LogP) is 3.70. The maximum Gasteiger partial charge on any atom is 0.153 e. The molecule has 0 N–H and O–H groups in total. The van der Waals surface area contributed by atoms with Crippen LogP contribution in [0.15, 0.2) is 30.6 Å². The van der Waals surface area contributed by atoms with Crippen LogP contribution in [0.5, 0.6) is 0 Å². The number of aromatic nitrogens is 5. The van der Waals surface area contributed by atoms with E-state index in [-0.39, 0.29) is 16.1 Å². The lowest BCUT2D eigenvalue weighted by molar-refractivity contribution is 0.550. The van der Waals surface area contributed by atoms with E-state index in [4.69, 9.17) is 11.6 Å². The fraction of sp³-hybridized carbons (Fsp3) is 0.188. The Morgan fingerprint density at radius 2 is 2.00 bits per heavy atom. The van der Waals surface area contributed by atoms with Gasteiger partial charge in [0, 0.05) is 24.6 Å². The van der Waals surface area contributed by atoms with Gasteiger partial charge in [-0.05, 0) is 12.1 Å². The lowest BCUT2D eigenvalue weighted by Crippen LogP contribution is -2.08. The minimum absolute atomic E-state index is 0.0425. The second kappa shape index (κ2) is 5.24. The number of benzene rings is 1. The summed E-state index contributed by atoms with van der Waals surface area (Å²) in [6.45, 7) is 1.70. The molecule has 1 unspecified atom stereocenters. The Bertz CT molecular complexity index is 1090. The third-order valence-electron chi connectivity index (χ3n) is 4.21. The predicted molar refractivity (Wildman–Crippen MR) is 86.1 cm³/mol. The van der Waals surface area contributed by atoms with E-state index in [2.05, 4.69) is 15.2 Å². The summed E-state index contributed by atoms with van der Waals surface area (Å²) in [6, 6.07) is 4.60. The molecule has 0 aliphatic heterocycles. The van der Waals surface area contributed by atoms with Gasteiger partial charge >= 0.3 is 0 Å². The third kappa shape index (κ3) is 2.08. The fourth-order valence-corrected chi connectivity index (χ4v) is 3.08. The van der Waals surface area contributed by atoms with Gasteiger partial charge < -0.3 is 0 Å². The second-order valence-corrected chi connectivity index (χ2v) is 6.01. The summed E-state index contributed by atoms with van der Waals surface area (Å²) < 4.78 is 32.4. The molecule has 1 aromatic carbocycles. The highest BCUT2D eigenvalue weighted by molar-refractivity contribution is 6.29. The molecule has 3 aromatic heterocycles. The maximum atomic E-state index is 14.9. The van der Waals surface area contributed by atoms with Crippen molar-refractivity contribution in [2.45, 2.75) is 12.8 Å². The molecular formula is C16H12ClF2N5. The number of hydrogen-bond acceptors (Lipinski definition) is 3. The van der Waals surface area contributed by atoms with Crippen molar-refractivity contribution in [1.29, 1.82) is 0 Å². The normalized spacial score (nSPS) is 13.0. The van der Waals surface area contributed by atoms with Crippen LogP contribution in [0, 0.1) is 11.6 Å². The van der Waals surface area contributed by atoms with Gasteiger partial charge in [0.15, 0.2) is 5.65 Å². The monoisotopic (exact) mass is 347 g/mol. The SMILES string of the molecule is CC(c1c(F)cc2c(cnn2C)c1F)c1cnc2ccc(Cl)nn12. The molecule has 3 heterocycles. The van der Waals surface area contributed by atoms with Crippen molar-refractivity contribution in [1.82, 2.24) is 24.4 Å². The van der Waals surface area contributed by atoms with E-state index >= 15 is 0 Å². The molecule has 4 aromatic rings. The van der Waals surface area contributed by atoms with E-state index < -0.39 is 17.6 Å². The lowest BCUT2D eigenvalue weighted by Gasteiger charge is -2.14. The summed E-state index contributed by atoms with van der Waals surface area (Å²) in [5.74, 6) is -1.86. The quantitative estimate of drug-likeness (QED) is 0.555. The molecule has 0 aliphatic rings. The van der Waals surface area contributed by atoms with Gasteiger partial charge in [-0.15, -0.1) is 0 Å². The van der Waals surface area contributed by atoms with Crippen LogP contribution in [-0.4, -0.2) is 24.4 Å². The van der Waals surface area contributed by atoms with E-state index in [1.54, 1.807) is 32.3 Å². The zero-order valence-electron chi connectivity index (χ0n) is 12.8. The highest BCUT2D eigenvalue weighted by Crippen LogP contribution is 2.33. The van der Waals surface area contributed by atoms with Gasteiger partial charge in [0.1, 0.15) is 16.8 Å². The summed E-state index contributed by atoms with van der Waals surface area (Å²) in [4.78, 5) is 4.21. The van der Waals surface area contributed by atoms with Crippen LogP contribution in [0.3, 0.4) is 0 Å². The van der Waals surface area contributed by atoms with Gasteiger partial charge in [-0.25, -0.2) is 18.3 Å². The topological polar surface area (TPSA) is 48.0 Å². The first-order chi connectivity index (χ1) is 11.5. The van der Waals surface area contributed by atoms with Crippen LogP contribution in [0.4, 0.5) is 8.78 Å². The summed E-state index contributed by atoms with van der Waals surface area (Å²) in [5, 5.41) is 8.71. The van der Waals surface area contributed by atoms with Crippen LogP contribution < -0.4 is 0 Å². The molecule has 1 atom stereocenters. The van der Waals surface area contributed by atoms with Gasteiger partial charge in [-0.3, -0.25) is 4.68 Å². The molecule has 4 rings (SSSR count).